The van der Waals surface area contributed by atoms with Crippen LogP contribution in [0.25, 0.3) is 0 Å². The maximum Gasteiger partial charge on any atom is 0.239 e. The number of hydrogen-bond donors (Lipinski definition) is 2. The number of amides is 1. The summed E-state index contributed by atoms with van der Waals surface area (Å²) in [5, 5.41) is 3.37. The number of pyridine rings is 1. The third kappa shape index (κ3) is 5.76. The highest BCUT2D eigenvalue weighted by Crippen LogP contribution is 2.32. The SMILES string of the molecule is CN(C)c1ccc(C(NCCC2(CCc3ccncc3)C=CC=NC2)C(N)=O)cc1. The molecule has 2 atom stereocenters. The molecule has 3 N–H and O–H groups in total. The van der Waals surface area contributed by atoms with Crippen molar-refractivity contribution in [3.63, 3.8) is 0 Å². The molecule has 1 aliphatic rings. The number of dihydropyridines is 1. The highest BCUT2D eigenvalue weighted by atomic mass is 16.1. The normalized spacial score (nSPS) is 18.9. The predicted octanol–water partition coefficient (Wildman–Crippen LogP) is 2.91. The van der Waals surface area contributed by atoms with Crippen LogP contribution in [0.5, 0.6) is 0 Å². The predicted molar refractivity (Wildman–Crippen MR) is 123 cm³/mol. The molecule has 158 valence electrons. The van der Waals surface area contributed by atoms with Gasteiger partial charge in [-0.05, 0) is 67.3 Å². The van der Waals surface area contributed by atoms with Gasteiger partial charge in [0.1, 0.15) is 6.04 Å². The van der Waals surface area contributed by atoms with Gasteiger partial charge >= 0.3 is 0 Å². The zero-order valence-corrected chi connectivity index (χ0v) is 17.8. The van der Waals surface area contributed by atoms with E-state index < -0.39 is 6.04 Å². The van der Waals surface area contributed by atoms with Crippen LogP contribution in [0.2, 0.25) is 0 Å². The average molecular weight is 406 g/mol. The van der Waals surface area contributed by atoms with Crippen molar-refractivity contribution < 1.29 is 4.79 Å². The number of hydrogen-bond acceptors (Lipinski definition) is 5. The van der Waals surface area contributed by atoms with Crippen molar-refractivity contribution >= 4 is 17.8 Å². The highest BCUT2D eigenvalue weighted by molar-refractivity contribution is 5.81. The molecule has 6 heteroatoms. The molecule has 1 amide bonds. The molecule has 0 fully saturated rings. The molecule has 0 aliphatic carbocycles. The van der Waals surface area contributed by atoms with Crippen molar-refractivity contribution in [2.75, 3.05) is 32.1 Å². The number of nitrogens with zero attached hydrogens (tertiary/aromatic N) is 3. The highest BCUT2D eigenvalue weighted by Gasteiger charge is 2.28. The molecule has 1 aromatic heterocycles. The molecule has 6 nitrogen and oxygen atoms in total. The van der Waals surface area contributed by atoms with Crippen molar-refractivity contribution in [2.45, 2.75) is 25.3 Å². The summed E-state index contributed by atoms with van der Waals surface area (Å²) in [6.45, 7) is 1.44. The fourth-order valence-corrected chi connectivity index (χ4v) is 3.80. The summed E-state index contributed by atoms with van der Waals surface area (Å²) < 4.78 is 0. The maximum absolute atomic E-state index is 12.1. The number of aromatic nitrogens is 1. The van der Waals surface area contributed by atoms with Gasteiger partial charge in [-0.15, -0.1) is 0 Å². The summed E-state index contributed by atoms with van der Waals surface area (Å²) in [5.41, 5.74) is 8.92. The first-order valence-corrected chi connectivity index (χ1v) is 10.4. The Bertz CT molecular complexity index is 876. The van der Waals surface area contributed by atoms with Gasteiger partial charge in [0.15, 0.2) is 0 Å². The molecule has 3 rings (SSSR count). The lowest BCUT2D eigenvalue weighted by Crippen LogP contribution is -2.37. The van der Waals surface area contributed by atoms with Crippen LogP contribution in [-0.4, -0.2) is 44.3 Å². The molecule has 0 saturated heterocycles. The van der Waals surface area contributed by atoms with Gasteiger partial charge in [0.2, 0.25) is 5.91 Å². The van der Waals surface area contributed by atoms with E-state index in [4.69, 9.17) is 5.73 Å². The summed E-state index contributed by atoms with van der Waals surface area (Å²) in [4.78, 5) is 22.7. The van der Waals surface area contributed by atoms with Crippen LogP contribution in [0.1, 0.15) is 30.0 Å². The van der Waals surface area contributed by atoms with Gasteiger partial charge in [0.25, 0.3) is 0 Å². The summed E-state index contributed by atoms with van der Waals surface area (Å²) in [7, 11) is 3.98. The van der Waals surface area contributed by atoms with Crippen molar-refractivity contribution in [3.8, 4) is 0 Å². The van der Waals surface area contributed by atoms with Gasteiger partial charge in [-0.2, -0.15) is 0 Å². The number of anilines is 1. The molecule has 2 aromatic rings. The Morgan fingerprint density at radius 3 is 2.50 bits per heavy atom. The van der Waals surface area contributed by atoms with Gasteiger partial charge in [-0.25, -0.2) is 0 Å². The van der Waals surface area contributed by atoms with Gasteiger partial charge in [-0.3, -0.25) is 14.8 Å². The Labute approximate surface area is 178 Å². The van der Waals surface area contributed by atoms with E-state index in [1.54, 1.807) is 0 Å². The van der Waals surface area contributed by atoms with Gasteiger partial charge in [0, 0.05) is 50.4 Å². The van der Waals surface area contributed by atoms with E-state index in [0.717, 1.165) is 37.1 Å². The summed E-state index contributed by atoms with van der Waals surface area (Å²) >= 11 is 0. The van der Waals surface area contributed by atoms with Crippen LogP contribution in [0.4, 0.5) is 5.69 Å². The van der Waals surface area contributed by atoms with Crippen molar-refractivity contribution in [1.82, 2.24) is 10.3 Å². The minimum atomic E-state index is -0.505. The van der Waals surface area contributed by atoms with Crippen LogP contribution < -0.4 is 16.0 Å². The first-order valence-electron chi connectivity index (χ1n) is 10.4. The van der Waals surface area contributed by atoms with E-state index >= 15 is 0 Å². The van der Waals surface area contributed by atoms with E-state index in [2.05, 4.69) is 33.5 Å². The molecule has 1 aromatic carbocycles. The number of benzene rings is 1. The van der Waals surface area contributed by atoms with Crippen molar-refractivity contribution in [2.24, 2.45) is 16.1 Å². The smallest absolute Gasteiger partial charge is 0.239 e. The number of carbonyl (C=O) groups excluding carboxylic acids is 1. The molecule has 0 spiro atoms. The van der Waals surface area contributed by atoms with Crippen LogP contribution in [-0.2, 0) is 11.2 Å². The summed E-state index contributed by atoms with van der Waals surface area (Å²) in [5.74, 6) is -0.365. The Balaban J connectivity index is 1.63. The number of nitrogens with two attached hydrogens (primary N) is 1. The van der Waals surface area contributed by atoms with Crippen LogP contribution in [0.15, 0.2) is 65.9 Å². The minimum Gasteiger partial charge on any atom is -0.378 e. The zero-order valence-electron chi connectivity index (χ0n) is 17.8. The fraction of sp³-hybridized carbons (Fsp3) is 0.375. The minimum absolute atomic E-state index is 0.0258. The van der Waals surface area contributed by atoms with E-state index in [9.17, 15) is 4.79 Å². The first-order chi connectivity index (χ1) is 14.5. The monoisotopic (exact) mass is 405 g/mol. The number of primary amides is 1. The lowest BCUT2D eigenvalue weighted by atomic mass is 9.78. The second-order valence-electron chi connectivity index (χ2n) is 8.09. The first kappa shape index (κ1) is 21.7. The zero-order chi connectivity index (χ0) is 21.4. The van der Waals surface area contributed by atoms with Crippen molar-refractivity contribution in [3.05, 3.63) is 72.1 Å². The molecule has 30 heavy (non-hydrogen) atoms. The Kier molecular flexibility index (Phi) is 7.36. The molecule has 0 radical (unpaired) electrons. The molecule has 2 unspecified atom stereocenters. The maximum atomic E-state index is 12.1. The molecule has 0 saturated carbocycles. The third-order valence-electron chi connectivity index (χ3n) is 5.71. The Morgan fingerprint density at radius 1 is 1.17 bits per heavy atom. The topological polar surface area (TPSA) is 83.6 Å². The number of aliphatic imine (C=N–C) groups is 1. The van der Waals surface area contributed by atoms with Crippen LogP contribution in [0.3, 0.4) is 0 Å². The Morgan fingerprint density at radius 2 is 1.90 bits per heavy atom. The molecular weight excluding hydrogens is 374 g/mol. The van der Waals surface area contributed by atoms with Gasteiger partial charge in [0.05, 0.1) is 0 Å². The molecule has 1 aliphatic heterocycles. The van der Waals surface area contributed by atoms with Gasteiger partial charge < -0.3 is 16.0 Å². The number of aryl methyl sites for hydroxylation is 1. The number of rotatable bonds is 10. The second kappa shape index (κ2) is 10.2. The number of allylic oxidation sites excluding steroid dienone is 1. The fourth-order valence-electron chi connectivity index (χ4n) is 3.80. The van der Waals surface area contributed by atoms with E-state index in [1.807, 2.05) is 67.9 Å². The largest absolute Gasteiger partial charge is 0.378 e. The van der Waals surface area contributed by atoms with E-state index in [1.165, 1.54) is 5.56 Å². The van der Waals surface area contributed by atoms with Crippen LogP contribution in [0, 0.1) is 5.41 Å². The number of nitrogens with one attached hydrogen (secondary N) is 1. The number of carbonyl (C=O) groups is 1. The van der Waals surface area contributed by atoms with Gasteiger partial charge in [-0.1, -0.05) is 18.2 Å². The lowest BCUT2D eigenvalue weighted by Gasteiger charge is -2.31. The molecular formula is C24H31N5O. The van der Waals surface area contributed by atoms with Crippen LogP contribution >= 0.6 is 0 Å². The second-order valence-corrected chi connectivity index (χ2v) is 8.09. The van der Waals surface area contributed by atoms with Crippen molar-refractivity contribution in [1.29, 1.82) is 0 Å². The average Bonchev–Trinajstić information content (AvgIpc) is 2.77. The van der Waals surface area contributed by atoms with E-state index in [0.29, 0.717) is 6.54 Å². The third-order valence-corrected chi connectivity index (χ3v) is 5.71. The lowest BCUT2D eigenvalue weighted by molar-refractivity contribution is -0.120. The standard InChI is InChI=1S/C24H31N5O/c1-29(2)21-6-4-20(5-7-21)22(23(25)30)28-17-13-24(11-3-14-27-18-24)12-8-19-9-15-26-16-10-19/h3-7,9-11,14-16,22,28H,8,12-13,17-18H2,1-2H3,(H2,25,30). The molecule has 0 bridgehead atoms. The quantitative estimate of drug-likeness (QED) is 0.637. The van der Waals surface area contributed by atoms with E-state index in [-0.39, 0.29) is 11.3 Å². The molecule has 2 heterocycles. The summed E-state index contributed by atoms with van der Waals surface area (Å²) in [6, 6.07) is 11.5. The Hall–Kier alpha value is -2.99. The summed E-state index contributed by atoms with van der Waals surface area (Å²) in [6.07, 6.45) is 12.6.